The molecule has 1 fully saturated rings. The Bertz CT molecular complexity index is 2600. The van der Waals surface area contributed by atoms with Crippen LogP contribution in [0.3, 0.4) is 0 Å². The van der Waals surface area contributed by atoms with E-state index in [4.69, 9.17) is 4.42 Å². The Morgan fingerprint density at radius 1 is 0.529 bits per heavy atom. The Morgan fingerprint density at radius 2 is 1.22 bits per heavy atom. The Hall–Kier alpha value is -5.60. The number of hydrogen-bond donors (Lipinski definition) is 0. The van der Waals surface area contributed by atoms with Gasteiger partial charge in [-0.25, -0.2) is 0 Å². The zero-order valence-corrected chi connectivity index (χ0v) is 29.3. The number of anilines is 3. The van der Waals surface area contributed by atoms with Crippen molar-refractivity contribution in [3.8, 4) is 22.3 Å². The van der Waals surface area contributed by atoms with Crippen LogP contribution in [0.15, 0.2) is 150 Å². The van der Waals surface area contributed by atoms with Crippen LogP contribution in [0.1, 0.15) is 68.6 Å². The zero-order chi connectivity index (χ0) is 34.1. The quantitative estimate of drug-likeness (QED) is 0.183. The molecule has 2 aliphatic carbocycles. The van der Waals surface area contributed by atoms with Crippen molar-refractivity contribution in [3.63, 3.8) is 0 Å². The van der Waals surface area contributed by atoms with Gasteiger partial charge in [0.1, 0.15) is 11.2 Å². The first kappa shape index (κ1) is 30.2. The van der Waals surface area contributed by atoms with E-state index in [1.54, 1.807) is 0 Å². The highest BCUT2D eigenvalue weighted by molar-refractivity contribution is 6.07. The molecular weight excluding hydrogens is 619 g/mol. The molecule has 0 bridgehead atoms. The summed E-state index contributed by atoms with van der Waals surface area (Å²) >= 11 is 0. The van der Waals surface area contributed by atoms with Crippen molar-refractivity contribution < 1.29 is 4.42 Å². The van der Waals surface area contributed by atoms with Crippen molar-refractivity contribution in [2.75, 3.05) is 4.90 Å². The first-order chi connectivity index (χ1) is 25.0. The van der Waals surface area contributed by atoms with E-state index in [9.17, 15) is 0 Å². The minimum Gasteiger partial charge on any atom is -0.456 e. The molecule has 0 atom stereocenters. The topological polar surface area (TPSA) is 16.4 Å². The Morgan fingerprint density at radius 3 is 2.06 bits per heavy atom. The summed E-state index contributed by atoms with van der Waals surface area (Å²) in [7, 11) is 0. The highest BCUT2D eigenvalue weighted by Gasteiger charge is 2.35. The minimum absolute atomic E-state index is 0.0486. The number of hydrogen-bond acceptors (Lipinski definition) is 2. The van der Waals surface area contributed by atoms with Crippen LogP contribution in [-0.4, -0.2) is 0 Å². The maximum absolute atomic E-state index is 6.43. The summed E-state index contributed by atoms with van der Waals surface area (Å²) < 4.78 is 6.43. The highest BCUT2D eigenvalue weighted by atomic mass is 16.3. The van der Waals surface area contributed by atoms with Gasteiger partial charge < -0.3 is 9.32 Å². The molecule has 0 spiro atoms. The lowest BCUT2D eigenvalue weighted by Gasteiger charge is -2.30. The van der Waals surface area contributed by atoms with Gasteiger partial charge in [-0.05, 0) is 118 Å². The van der Waals surface area contributed by atoms with Crippen LogP contribution < -0.4 is 4.90 Å². The second kappa shape index (κ2) is 11.7. The molecule has 51 heavy (non-hydrogen) atoms. The monoisotopic (exact) mass is 659 g/mol. The van der Waals surface area contributed by atoms with E-state index in [-0.39, 0.29) is 5.41 Å². The van der Waals surface area contributed by atoms with E-state index < -0.39 is 0 Å². The first-order valence-corrected chi connectivity index (χ1v) is 18.6. The molecule has 8 aromatic rings. The highest BCUT2D eigenvalue weighted by Crippen LogP contribution is 2.52. The zero-order valence-electron chi connectivity index (χ0n) is 29.3. The van der Waals surface area contributed by atoms with Gasteiger partial charge in [-0.3, -0.25) is 0 Å². The van der Waals surface area contributed by atoms with Crippen LogP contribution in [0.5, 0.6) is 0 Å². The molecule has 0 radical (unpaired) electrons. The average Bonchev–Trinajstić information content (AvgIpc) is 3.66. The third kappa shape index (κ3) is 4.92. The largest absolute Gasteiger partial charge is 0.456 e. The van der Waals surface area contributed by atoms with E-state index in [0.29, 0.717) is 5.92 Å². The molecule has 1 saturated carbocycles. The summed E-state index contributed by atoms with van der Waals surface area (Å²) in [5.74, 6) is 0.659. The van der Waals surface area contributed by atoms with Crippen LogP contribution in [0.2, 0.25) is 0 Å². The number of furan rings is 1. The van der Waals surface area contributed by atoms with Crippen molar-refractivity contribution in [1.82, 2.24) is 0 Å². The van der Waals surface area contributed by atoms with Crippen molar-refractivity contribution >= 4 is 49.8 Å². The maximum Gasteiger partial charge on any atom is 0.136 e. The third-order valence-corrected chi connectivity index (χ3v) is 11.8. The van der Waals surface area contributed by atoms with E-state index in [1.165, 1.54) is 81.9 Å². The Balaban J connectivity index is 1.20. The molecule has 248 valence electrons. The van der Waals surface area contributed by atoms with Gasteiger partial charge in [-0.2, -0.15) is 0 Å². The second-order valence-electron chi connectivity index (χ2n) is 15.2. The smallest absolute Gasteiger partial charge is 0.136 e. The summed E-state index contributed by atoms with van der Waals surface area (Å²) in [5.41, 5.74) is 14.5. The van der Waals surface area contributed by atoms with Crippen LogP contribution in [0.25, 0.3) is 55.0 Å². The van der Waals surface area contributed by atoms with E-state index in [2.05, 4.69) is 158 Å². The third-order valence-electron chi connectivity index (χ3n) is 11.8. The molecule has 0 amide bonds. The van der Waals surface area contributed by atoms with Crippen LogP contribution in [0.4, 0.5) is 17.1 Å². The summed E-state index contributed by atoms with van der Waals surface area (Å²) in [6.07, 6.45) is 6.62. The van der Waals surface area contributed by atoms with Crippen LogP contribution in [0, 0.1) is 0 Å². The molecule has 2 aliphatic rings. The SMILES string of the molecule is CC1(C)c2ccccc2-c2cc(N(c3ccc(C4CCCCC4)cc3)c3cc4ccccc4cc3-c3ccc4c(c3)oc3ccccc34)ccc21. The Labute approximate surface area is 300 Å². The molecule has 1 aromatic heterocycles. The van der Waals surface area contributed by atoms with Crippen LogP contribution >= 0.6 is 0 Å². The lowest BCUT2D eigenvalue weighted by Crippen LogP contribution is -2.15. The number of benzene rings is 7. The van der Waals surface area contributed by atoms with Crippen molar-refractivity contribution in [2.45, 2.75) is 57.3 Å². The number of para-hydroxylation sites is 1. The molecule has 0 aliphatic heterocycles. The number of rotatable bonds is 5. The van der Waals surface area contributed by atoms with Gasteiger partial charge in [0.25, 0.3) is 0 Å². The Kier molecular flexibility index (Phi) is 6.96. The molecule has 0 N–H and O–H groups in total. The lowest BCUT2D eigenvalue weighted by atomic mass is 9.82. The number of fused-ring (bicyclic) bond motifs is 7. The van der Waals surface area contributed by atoms with E-state index in [1.807, 2.05) is 6.07 Å². The van der Waals surface area contributed by atoms with Gasteiger partial charge in [0, 0.05) is 33.1 Å². The molecule has 10 rings (SSSR count). The van der Waals surface area contributed by atoms with Gasteiger partial charge in [0.15, 0.2) is 0 Å². The number of nitrogens with zero attached hydrogens (tertiary/aromatic N) is 1. The summed E-state index contributed by atoms with van der Waals surface area (Å²) in [5, 5.41) is 4.74. The van der Waals surface area contributed by atoms with E-state index >= 15 is 0 Å². The second-order valence-corrected chi connectivity index (χ2v) is 15.2. The summed E-state index contributed by atoms with van der Waals surface area (Å²) in [4.78, 5) is 2.49. The van der Waals surface area contributed by atoms with Crippen molar-refractivity contribution in [2.24, 2.45) is 0 Å². The molecule has 2 heteroatoms. The van der Waals surface area contributed by atoms with Gasteiger partial charge in [-0.1, -0.05) is 124 Å². The fraction of sp³-hybridized carbons (Fsp3) is 0.184. The van der Waals surface area contributed by atoms with Gasteiger partial charge >= 0.3 is 0 Å². The van der Waals surface area contributed by atoms with Gasteiger partial charge in [0.2, 0.25) is 0 Å². The van der Waals surface area contributed by atoms with Crippen molar-refractivity contribution in [1.29, 1.82) is 0 Å². The molecule has 7 aromatic carbocycles. The fourth-order valence-corrected chi connectivity index (χ4v) is 9.14. The molecule has 0 saturated heterocycles. The van der Waals surface area contributed by atoms with E-state index in [0.717, 1.165) is 38.9 Å². The molecule has 1 heterocycles. The van der Waals surface area contributed by atoms with Gasteiger partial charge in [-0.15, -0.1) is 0 Å². The maximum atomic E-state index is 6.43. The van der Waals surface area contributed by atoms with Gasteiger partial charge in [0.05, 0.1) is 5.69 Å². The molecular formula is C49H41NO. The predicted molar refractivity (Wildman–Crippen MR) is 215 cm³/mol. The molecule has 2 nitrogen and oxygen atoms in total. The fourth-order valence-electron chi connectivity index (χ4n) is 9.14. The predicted octanol–water partition coefficient (Wildman–Crippen LogP) is 14.2. The lowest BCUT2D eigenvalue weighted by molar-refractivity contribution is 0.443. The summed E-state index contributed by atoms with van der Waals surface area (Å²) in [6.45, 7) is 4.71. The first-order valence-electron chi connectivity index (χ1n) is 18.6. The standard InChI is InChI=1S/C49H41NO/c1-49(2)44-18-10-8-16-39(44)43-31-38(25-27-45(43)49)50(37-23-20-33(21-24-37)32-12-4-3-5-13-32)46-29-35-15-7-6-14-34(35)28-42(46)36-22-26-41-40-17-9-11-19-47(40)51-48(41)30-36/h6-11,14-32H,3-5,12-13H2,1-2H3. The average molecular weight is 660 g/mol. The van der Waals surface area contributed by atoms with Crippen molar-refractivity contribution in [3.05, 3.63) is 162 Å². The summed E-state index contributed by atoms with van der Waals surface area (Å²) in [6, 6.07) is 54.1. The molecule has 0 unspecified atom stereocenters. The van der Waals surface area contributed by atoms with Crippen LogP contribution in [-0.2, 0) is 5.41 Å². The normalized spacial score (nSPS) is 15.3. The minimum atomic E-state index is -0.0486.